The number of carbonyl (C=O) groups is 2. The van der Waals surface area contributed by atoms with Gasteiger partial charge in [0, 0.05) is 9.92 Å². The van der Waals surface area contributed by atoms with Crippen LogP contribution in [0.5, 0.6) is 0 Å². The van der Waals surface area contributed by atoms with E-state index in [1.165, 1.54) is 16.7 Å². The number of para-hydroxylation sites is 1. The fourth-order valence-electron chi connectivity index (χ4n) is 2.97. The third-order valence-corrected chi connectivity index (χ3v) is 6.03. The zero-order chi connectivity index (χ0) is 18.7. The number of likely N-dealkylation sites (N-methyl/N-ethyl adjacent to an activating group) is 1. The highest BCUT2D eigenvalue weighted by Crippen LogP contribution is 2.46. The third kappa shape index (κ3) is 3.80. The Hall–Kier alpha value is -1.82. The molecule has 0 radical (unpaired) electrons. The number of benzene rings is 2. The van der Waals surface area contributed by atoms with Crippen LogP contribution in [-0.2, 0) is 9.59 Å². The second kappa shape index (κ2) is 8.25. The highest BCUT2D eigenvalue weighted by atomic mass is 35.5. The lowest BCUT2D eigenvalue weighted by Crippen LogP contribution is -2.46. The average molecular weight is 389 g/mol. The maximum Gasteiger partial charge on any atom is 0.251 e. The molecule has 2 aromatic rings. The first-order valence-electron chi connectivity index (χ1n) is 8.65. The fourth-order valence-corrected chi connectivity index (χ4v) is 4.29. The molecule has 6 heteroatoms. The molecule has 1 aliphatic rings. The number of rotatable bonds is 5. The van der Waals surface area contributed by atoms with Gasteiger partial charge in [0.1, 0.15) is 5.25 Å². The number of fused-ring (bicyclic) bond motifs is 1. The molecule has 2 aromatic carbocycles. The van der Waals surface area contributed by atoms with Crippen LogP contribution in [0.15, 0.2) is 53.4 Å². The van der Waals surface area contributed by atoms with Crippen LogP contribution in [0.3, 0.4) is 0 Å². The smallest absolute Gasteiger partial charge is 0.251 e. The molecule has 0 bridgehead atoms. The minimum absolute atomic E-state index is 0.189. The third-order valence-electron chi connectivity index (χ3n) is 4.47. The van der Waals surface area contributed by atoms with Gasteiger partial charge in [-0.3, -0.25) is 14.5 Å². The second-order valence-electron chi connectivity index (χ2n) is 6.05. The Morgan fingerprint density at radius 1 is 1.12 bits per heavy atom. The van der Waals surface area contributed by atoms with Crippen molar-refractivity contribution in [3.63, 3.8) is 0 Å². The Labute approximate surface area is 163 Å². The van der Waals surface area contributed by atoms with Gasteiger partial charge >= 0.3 is 0 Å². The molecule has 4 nitrogen and oxygen atoms in total. The molecule has 0 aliphatic carbocycles. The van der Waals surface area contributed by atoms with Crippen molar-refractivity contribution >= 4 is 40.9 Å². The molecule has 0 spiro atoms. The van der Waals surface area contributed by atoms with Gasteiger partial charge in [-0.1, -0.05) is 49.7 Å². The molecule has 26 heavy (non-hydrogen) atoms. The molecular formula is C20H21ClN2O2S. The molecule has 1 atom stereocenters. The number of imide groups is 1. The number of thioether (sulfide) groups is 1. The van der Waals surface area contributed by atoms with Gasteiger partial charge in [0.25, 0.3) is 5.91 Å². The molecule has 0 saturated heterocycles. The van der Waals surface area contributed by atoms with E-state index in [4.69, 9.17) is 11.6 Å². The van der Waals surface area contributed by atoms with Crippen LogP contribution in [0.1, 0.15) is 24.7 Å². The summed E-state index contributed by atoms with van der Waals surface area (Å²) in [5, 5.41) is 0.166. The predicted molar refractivity (Wildman–Crippen MR) is 107 cm³/mol. The summed E-state index contributed by atoms with van der Waals surface area (Å²) in [6.45, 7) is 5.78. The maximum atomic E-state index is 13.2. The standard InChI is InChI=1S/C20H21ClN2O2S/c1-3-22(4-2)13-18(24)23-16-7-5-6-8-17(16)26-19(20(23)25)14-9-11-15(21)12-10-14/h5-12,19H,3-4,13H2,1-2H3. The number of halogens is 1. The quantitative estimate of drug-likeness (QED) is 0.761. The van der Waals surface area contributed by atoms with Gasteiger partial charge in [0.15, 0.2) is 0 Å². The van der Waals surface area contributed by atoms with Crippen LogP contribution in [0.25, 0.3) is 0 Å². The van der Waals surface area contributed by atoms with Gasteiger partial charge in [0.05, 0.1) is 12.2 Å². The van der Waals surface area contributed by atoms with Gasteiger partial charge < -0.3 is 0 Å². The Kier molecular flexibility index (Phi) is 6.01. The lowest BCUT2D eigenvalue weighted by Gasteiger charge is -2.33. The van der Waals surface area contributed by atoms with Crippen molar-refractivity contribution in [2.24, 2.45) is 0 Å². The Morgan fingerprint density at radius 2 is 1.77 bits per heavy atom. The monoisotopic (exact) mass is 388 g/mol. The summed E-state index contributed by atoms with van der Waals surface area (Å²) in [5.41, 5.74) is 1.52. The van der Waals surface area contributed by atoms with Crippen molar-refractivity contribution in [3.05, 3.63) is 59.1 Å². The zero-order valence-corrected chi connectivity index (χ0v) is 16.4. The van der Waals surface area contributed by atoms with Crippen molar-refractivity contribution < 1.29 is 9.59 Å². The molecule has 3 rings (SSSR count). The number of hydrogen-bond donors (Lipinski definition) is 0. The molecule has 0 N–H and O–H groups in total. The number of amides is 2. The van der Waals surface area contributed by atoms with Crippen LogP contribution in [-0.4, -0.2) is 36.3 Å². The summed E-state index contributed by atoms with van der Waals surface area (Å²) >= 11 is 7.45. The molecule has 1 heterocycles. The minimum Gasteiger partial charge on any atom is -0.295 e. The van der Waals surface area contributed by atoms with E-state index in [0.29, 0.717) is 10.7 Å². The number of hydrogen-bond acceptors (Lipinski definition) is 4. The Bertz CT molecular complexity index is 806. The van der Waals surface area contributed by atoms with E-state index in [2.05, 4.69) is 0 Å². The number of anilines is 1. The maximum absolute atomic E-state index is 13.2. The molecule has 1 aliphatic heterocycles. The Morgan fingerprint density at radius 3 is 2.42 bits per heavy atom. The van der Waals surface area contributed by atoms with Gasteiger partial charge in [-0.25, -0.2) is 4.90 Å². The van der Waals surface area contributed by atoms with Crippen LogP contribution in [0.4, 0.5) is 5.69 Å². The number of carbonyl (C=O) groups excluding carboxylic acids is 2. The summed E-state index contributed by atoms with van der Waals surface area (Å²) in [6, 6.07) is 14.8. The van der Waals surface area contributed by atoms with Gasteiger partial charge in [-0.2, -0.15) is 0 Å². The first-order chi connectivity index (χ1) is 12.5. The van der Waals surface area contributed by atoms with Crippen molar-refractivity contribution in [3.8, 4) is 0 Å². The summed E-state index contributed by atoms with van der Waals surface area (Å²) in [4.78, 5) is 30.5. The van der Waals surface area contributed by atoms with E-state index in [9.17, 15) is 9.59 Å². The van der Waals surface area contributed by atoms with Crippen LogP contribution >= 0.6 is 23.4 Å². The van der Waals surface area contributed by atoms with Gasteiger partial charge in [-0.15, -0.1) is 11.8 Å². The molecule has 2 amide bonds. The molecular weight excluding hydrogens is 368 g/mol. The molecule has 0 fully saturated rings. The van der Waals surface area contributed by atoms with Gasteiger partial charge in [0.2, 0.25) is 5.91 Å². The van der Waals surface area contributed by atoms with Crippen LogP contribution < -0.4 is 4.90 Å². The molecule has 0 aromatic heterocycles. The highest BCUT2D eigenvalue weighted by molar-refractivity contribution is 8.00. The van der Waals surface area contributed by atoms with Crippen molar-refractivity contribution in [1.29, 1.82) is 0 Å². The second-order valence-corrected chi connectivity index (χ2v) is 7.63. The summed E-state index contributed by atoms with van der Waals surface area (Å²) in [7, 11) is 0. The van der Waals surface area contributed by atoms with E-state index in [-0.39, 0.29) is 18.4 Å². The average Bonchev–Trinajstić information content (AvgIpc) is 2.66. The van der Waals surface area contributed by atoms with E-state index < -0.39 is 5.25 Å². The highest BCUT2D eigenvalue weighted by Gasteiger charge is 2.38. The molecule has 0 saturated carbocycles. The minimum atomic E-state index is -0.456. The normalized spacial score (nSPS) is 16.7. The van der Waals surface area contributed by atoms with Crippen molar-refractivity contribution in [1.82, 2.24) is 4.90 Å². The fraction of sp³-hybridized carbons (Fsp3) is 0.300. The Balaban J connectivity index is 1.97. The summed E-state index contributed by atoms with van der Waals surface area (Å²) < 4.78 is 0. The van der Waals surface area contributed by atoms with E-state index in [1.807, 2.05) is 55.1 Å². The SMILES string of the molecule is CCN(CC)CC(=O)N1C(=O)C(c2ccc(Cl)cc2)Sc2ccccc21. The van der Waals surface area contributed by atoms with Crippen molar-refractivity contribution in [2.45, 2.75) is 24.0 Å². The molecule has 136 valence electrons. The topological polar surface area (TPSA) is 40.6 Å². The largest absolute Gasteiger partial charge is 0.295 e. The lowest BCUT2D eigenvalue weighted by atomic mass is 10.1. The number of nitrogens with zero attached hydrogens (tertiary/aromatic N) is 2. The van der Waals surface area contributed by atoms with E-state index in [1.54, 1.807) is 12.1 Å². The van der Waals surface area contributed by atoms with Crippen molar-refractivity contribution in [2.75, 3.05) is 24.5 Å². The summed E-state index contributed by atoms with van der Waals surface area (Å²) in [6.07, 6.45) is 0. The van der Waals surface area contributed by atoms with Crippen LogP contribution in [0, 0.1) is 0 Å². The predicted octanol–water partition coefficient (Wildman–Crippen LogP) is 4.39. The van der Waals surface area contributed by atoms with E-state index >= 15 is 0 Å². The molecule has 1 unspecified atom stereocenters. The van der Waals surface area contributed by atoms with E-state index in [0.717, 1.165) is 23.5 Å². The first-order valence-corrected chi connectivity index (χ1v) is 9.91. The van der Waals surface area contributed by atoms with Gasteiger partial charge in [-0.05, 0) is 42.9 Å². The lowest BCUT2D eigenvalue weighted by molar-refractivity contribution is -0.127. The van der Waals surface area contributed by atoms with Crippen LogP contribution in [0.2, 0.25) is 5.02 Å². The first kappa shape index (κ1) is 19.0. The zero-order valence-electron chi connectivity index (χ0n) is 14.8. The summed E-state index contributed by atoms with van der Waals surface area (Å²) in [5.74, 6) is -0.390.